The number of para-hydroxylation sites is 1. The summed E-state index contributed by atoms with van der Waals surface area (Å²) in [7, 11) is 1.90. The molecule has 23 heavy (non-hydrogen) atoms. The average molecular weight is 329 g/mol. The lowest BCUT2D eigenvalue weighted by atomic mass is 9.73. The molecule has 3 rings (SSSR count). The van der Waals surface area contributed by atoms with Crippen molar-refractivity contribution in [3.05, 3.63) is 59.1 Å². The van der Waals surface area contributed by atoms with Crippen LogP contribution in [0.3, 0.4) is 0 Å². The first-order valence-electron chi connectivity index (χ1n) is 7.93. The number of aldehydes is 1. The molecule has 0 aliphatic carbocycles. The highest BCUT2D eigenvalue weighted by atomic mass is 35.5. The number of carbonyl (C=O) groups excluding carboxylic acids is 1. The van der Waals surface area contributed by atoms with Gasteiger partial charge in [-0.2, -0.15) is 0 Å². The summed E-state index contributed by atoms with van der Waals surface area (Å²) in [4.78, 5) is 14.3. The minimum Gasteiger partial charge on any atom is -0.388 e. The normalized spacial score (nSPS) is 16.9. The minimum atomic E-state index is -0.400. The maximum atomic E-state index is 12.0. The molecule has 1 saturated heterocycles. The summed E-state index contributed by atoms with van der Waals surface area (Å²) in [6, 6.07) is 16.0. The molecule has 2 aromatic rings. The number of piperidine rings is 1. The van der Waals surface area contributed by atoms with Gasteiger partial charge in [0.2, 0.25) is 0 Å². The lowest BCUT2D eigenvalue weighted by Crippen LogP contribution is -2.44. The predicted octanol–water partition coefficient (Wildman–Crippen LogP) is 4.12. The maximum Gasteiger partial charge on any atom is 0.130 e. The third kappa shape index (κ3) is 3.06. The van der Waals surface area contributed by atoms with E-state index in [4.69, 9.17) is 11.6 Å². The van der Waals surface area contributed by atoms with Gasteiger partial charge in [-0.3, -0.25) is 0 Å². The highest BCUT2D eigenvalue weighted by Crippen LogP contribution is 2.38. The number of hydrogen-bond donors (Lipinski definition) is 1. The van der Waals surface area contributed by atoms with Crippen LogP contribution >= 0.6 is 11.6 Å². The Balaban J connectivity index is 1.82. The Hall–Kier alpha value is -2.00. The average Bonchev–Trinajstić information content (AvgIpc) is 2.62. The standard InChI is InChI=1S/C19H21ClN2O/c1-21-18-5-3-2-4-17(18)19(14-23)10-12-22(13-11-19)16-8-6-15(20)7-9-16/h2-9,14,21H,10-13H2,1H3. The van der Waals surface area contributed by atoms with Crippen molar-refractivity contribution in [2.45, 2.75) is 18.3 Å². The van der Waals surface area contributed by atoms with Crippen molar-refractivity contribution in [1.82, 2.24) is 0 Å². The fraction of sp³-hybridized carbons (Fsp3) is 0.316. The van der Waals surface area contributed by atoms with Gasteiger partial charge in [0.15, 0.2) is 0 Å². The highest BCUT2D eigenvalue weighted by molar-refractivity contribution is 6.30. The summed E-state index contributed by atoms with van der Waals surface area (Å²) < 4.78 is 0. The van der Waals surface area contributed by atoms with E-state index in [-0.39, 0.29) is 0 Å². The van der Waals surface area contributed by atoms with Gasteiger partial charge in [0.05, 0.1) is 5.41 Å². The molecule has 1 aliphatic heterocycles. The predicted molar refractivity (Wildman–Crippen MR) is 96.6 cm³/mol. The van der Waals surface area contributed by atoms with Crippen molar-refractivity contribution >= 4 is 29.3 Å². The number of rotatable bonds is 4. The smallest absolute Gasteiger partial charge is 0.130 e. The maximum absolute atomic E-state index is 12.0. The van der Waals surface area contributed by atoms with Crippen molar-refractivity contribution in [1.29, 1.82) is 0 Å². The van der Waals surface area contributed by atoms with Gasteiger partial charge >= 0.3 is 0 Å². The molecular weight excluding hydrogens is 308 g/mol. The van der Waals surface area contributed by atoms with Crippen LogP contribution in [-0.4, -0.2) is 26.4 Å². The molecular formula is C19H21ClN2O. The summed E-state index contributed by atoms with van der Waals surface area (Å²) in [5.41, 5.74) is 2.91. The largest absolute Gasteiger partial charge is 0.388 e. The Morgan fingerprint density at radius 3 is 2.35 bits per heavy atom. The number of halogens is 1. The second kappa shape index (κ2) is 6.63. The van der Waals surface area contributed by atoms with Crippen LogP contribution in [0.15, 0.2) is 48.5 Å². The second-order valence-electron chi connectivity index (χ2n) is 6.03. The van der Waals surface area contributed by atoms with Gasteiger partial charge in [0.25, 0.3) is 0 Å². The van der Waals surface area contributed by atoms with Gasteiger partial charge in [0, 0.05) is 36.5 Å². The Morgan fingerprint density at radius 2 is 1.74 bits per heavy atom. The first-order chi connectivity index (χ1) is 11.2. The minimum absolute atomic E-state index is 0.400. The van der Waals surface area contributed by atoms with Crippen LogP contribution in [0.4, 0.5) is 11.4 Å². The van der Waals surface area contributed by atoms with E-state index in [0.717, 1.165) is 54.2 Å². The van der Waals surface area contributed by atoms with Crippen LogP contribution < -0.4 is 10.2 Å². The quantitative estimate of drug-likeness (QED) is 0.857. The fourth-order valence-corrected chi connectivity index (χ4v) is 3.53. The van der Waals surface area contributed by atoms with Gasteiger partial charge in [-0.05, 0) is 48.7 Å². The van der Waals surface area contributed by atoms with Crippen molar-refractivity contribution in [2.75, 3.05) is 30.4 Å². The lowest BCUT2D eigenvalue weighted by molar-refractivity contribution is -0.113. The molecule has 120 valence electrons. The summed E-state index contributed by atoms with van der Waals surface area (Å²) >= 11 is 5.96. The number of nitrogens with zero attached hydrogens (tertiary/aromatic N) is 1. The van der Waals surface area contributed by atoms with Crippen molar-refractivity contribution < 1.29 is 4.79 Å². The van der Waals surface area contributed by atoms with E-state index in [1.807, 2.05) is 49.5 Å². The lowest BCUT2D eigenvalue weighted by Gasteiger charge is -2.40. The highest BCUT2D eigenvalue weighted by Gasteiger charge is 2.37. The van der Waals surface area contributed by atoms with E-state index >= 15 is 0 Å². The van der Waals surface area contributed by atoms with Crippen molar-refractivity contribution in [2.24, 2.45) is 0 Å². The molecule has 0 spiro atoms. The molecule has 0 aromatic heterocycles. The fourth-order valence-electron chi connectivity index (χ4n) is 3.40. The van der Waals surface area contributed by atoms with E-state index in [9.17, 15) is 4.79 Å². The van der Waals surface area contributed by atoms with Crippen molar-refractivity contribution in [3.63, 3.8) is 0 Å². The molecule has 1 N–H and O–H groups in total. The molecule has 0 bridgehead atoms. The zero-order chi connectivity index (χ0) is 16.3. The van der Waals surface area contributed by atoms with E-state index in [2.05, 4.69) is 16.3 Å². The second-order valence-corrected chi connectivity index (χ2v) is 6.47. The van der Waals surface area contributed by atoms with Crippen LogP contribution in [0, 0.1) is 0 Å². The van der Waals surface area contributed by atoms with Crippen LogP contribution in [0.1, 0.15) is 18.4 Å². The third-order valence-electron chi connectivity index (χ3n) is 4.81. The molecule has 1 aliphatic rings. The van der Waals surface area contributed by atoms with Gasteiger partial charge in [-0.25, -0.2) is 0 Å². The molecule has 0 unspecified atom stereocenters. The first kappa shape index (κ1) is 15.9. The molecule has 0 amide bonds. The molecule has 2 aromatic carbocycles. The Bertz CT molecular complexity index is 676. The SMILES string of the molecule is CNc1ccccc1C1(C=O)CCN(c2ccc(Cl)cc2)CC1. The van der Waals surface area contributed by atoms with Gasteiger partial charge in [-0.1, -0.05) is 29.8 Å². The van der Waals surface area contributed by atoms with E-state index in [1.165, 1.54) is 0 Å². The Morgan fingerprint density at radius 1 is 1.09 bits per heavy atom. The molecule has 0 saturated carbocycles. The summed E-state index contributed by atoms with van der Waals surface area (Å²) in [5, 5.41) is 3.96. The number of benzene rings is 2. The summed E-state index contributed by atoms with van der Waals surface area (Å²) in [5.74, 6) is 0. The molecule has 0 radical (unpaired) electrons. The topological polar surface area (TPSA) is 32.3 Å². The number of nitrogens with one attached hydrogen (secondary N) is 1. The summed E-state index contributed by atoms with van der Waals surface area (Å²) in [6.45, 7) is 1.72. The Labute approximate surface area is 142 Å². The monoisotopic (exact) mass is 328 g/mol. The third-order valence-corrected chi connectivity index (χ3v) is 5.06. The first-order valence-corrected chi connectivity index (χ1v) is 8.30. The van der Waals surface area contributed by atoms with Crippen LogP contribution in [0.2, 0.25) is 5.02 Å². The zero-order valence-electron chi connectivity index (χ0n) is 13.3. The summed E-state index contributed by atoms with van der Waals surface area (Å²) in [6.07, 6.45) is 2.78. The van der Waals surface area contributed by atoms with Crippen molar-refractivity contribution in [3.8, 4) is 0 Å². The van der Waals surface area contributed by atoms with Gasteiger partial charge < -0.3 is 15.0 Å². The number of hydrogen-bond acceptors (Lipinski definition) is 3. The van der Waals surface area contributed by atoms with Crippen LogP contribution in [0.25, 0.3) is 0 Å². The molecule has 3 nitrogen and oxygen atoms in total. The van der Waals surface area contributed by atoms with Crippen LogP contribution in [0.5, 0.6) is 0 Å². The molecule has 0 atom stereocenters. The van der Waals surface area contributed by atoms with E-state index in [0.29, 0.717) is 0 Å². The number of carbonyl (C=O) groups is 1. The zero-order valence-corrected chi connectivity index (χ0v) is 14.0. The van der Waals surface area contributed by atoms with Crippen LogP contribution in [-0.2, 0) is 10.2 Å². The van der Waals surface area contributed by atoms with Gasteiger partial charge in [0.1, 0.15) is 6.29 Å². The molecule has 1 heterocycles. The molecule has 1 fully saturated rings. The number of anilines is 2. The Kier molecular flexibility index (Phi) is 4.58. The van der Waals surface area contributed by atoms with E-state index in [1.54, 1.807) is 0 Å². The molecule has 4 heteroatoms. The van der Waals surface area contributed by atoms with E-state index < -0.39 is 5.41 Å². The van der Waals surface area contributed by atoms with Gasteiger partial charge in [-0.15, -0.1) is 0 Å².